The Morgan fingerprint density at radius 1 is 1.21 bits per heavy atom. The molecule has 14 heavy (non-hydrogen) atoms. The van der Waals surface area contributed by atoms with E-state index in [9.17, 15) is 0 Å². The normalized spacial score (nSPS) is 22.0. The van der Waals surface area contributed by atoms with E-state index in [2.05, 4.69) is 11.7 Å². The van der Waals surface area contributed by atoms with Crippen LogP contribution in [0.15, 0.2) is 17.8 Å². The average molecular weight is 192 g/mol. The van der Waals surface area contributed by atoms with E-state index in [0.717, 1.165) is 31.1 Å². The van der Waals surface area contributed by atoms with Gasteiger partial charge in [-0.05, 0) is 31.1 Å². The molecule has 2 aliphatic carbocycles. The Labute approximate surface area is 86.3 Å². The van der Waals surface area contributed by atoms with Gasteiger partial charge in [0, 0.05) is 0 Å². The number of rotatable bonds is 7. The summed E-state index contributed by atoms with van der Waals surface area (Å²) < 4.78 is 0. The molecule has 2 saturated carbocycles. The fourth-order valence-electron chi connectivity index (χ4n) is 2.37. The van der Waals surface area contributed by atoms with Crippen LogP contribution in [-0.4, -0.2) is 5.54 Å². The Balaban J connectivity index is 1.96. The predicted molar refractivity (Wildman–Crippen MR) is 57.4 cm³/mol. The lowest BCUT2D eigenvalue weighted by Gasteiger charge is -2.27. The van der Waals surface area contributed by atoms with Crippen molar-refractivity contribution in [3.63, 3.8) is 0 Å². The average Bonchev–Trinajstić information content (AvgIpc) is 3.01. The number of nitrogens with one attached hydrogen (secondary N) is 1. The minimum atomic E-state index is -0.0654. The largest absolute Gasteiger partial charge is 0.209 e. The molecule has 0 amide bonds. The maximum Gasteiger partial charge on any atom is 0.0852 e. The number of hydrogen-bond donors (Lipinski definition) is 1. The van der Waals surface area contributed by atoms with E-state index in [4.69, 9.17) is 5.53 Å². The van der Waals surface area contributed by atoms with E-state index < -0.39 is 0 Å². The van der Waals surface area contributed by atoms with Gasteiger partial charge in [0.25, 0.3) is 0 Å². The lowest BCUT2D eigenvalue weighted by molar-refractivity contribution is 0.314. The van der Waals surface area contributed by atoms with Gasteiger partial charge in [0.15, 0.2) is 0 Å². The second-order valence-corrected chi connectivity index (χ2v) is 5.12. The van der Waals surface area contributed by atoms with Crippen LogP contribution in [0.3, 0.4) is 0 Å². The molecule has 0 aromatic rings. The monoisotopic (exact) mass is 192 g/mol. The minimum absolute atomic E-state index is 0.0654. The summed E-state index contributed by atoms with van der Waals surface area (Å²) in [5.41, 5.74) is 7.37. The van der Waals surface area contributed by atoms with Crippen LogP contribution < -0.4 is 0 Å². The van der Waals surface area contributed by atoms with Gasteiger partial charge in [-0.2, -0.15) is 5.11 Å². The van der Waals surface area contributed by atoms with E-state index in [0.29, 0.717) is 0 Å². The van der Waals surface area contributed by atoms with Crippen LogP contribution in [-0.2, 0) is 0 Å². The van der Waals surface area contributed by atoms with Gasteiger partial charge in [0.1, 0.15) is 0 Å². The SMILES string of the molecule is C=CCC(CC1CC1)(CC1CC1)N=N. The molecule has 0 aromatic heterocycles. The predicted octanol–water partition coefficient (Wildman–Crippen LogP) is 3.93. The molecular weight excluding hydrogens is 172 g/mol. The van der Waals surface area contributed by atoms with Gasteiger partial charge in [0.05, 0.1) is 5.54 Å². The molecule has 2 nitrogen and oxygen atoms in total. The molecule has 2 aliphatic rings. The standard InChI is InChI=1S/C12H20N2/c1-2-7-12(14-13,8-10-3-4-10)9-11-5-6-11/h2,10-11,13H,1,3-9H2. The molecule has 78 valence electrons. The molecule has 0 spiro atoms. The second kappa shape index (κ2) is 3.84. The van der Waals surface area contributed by atoms with Crippen molar-refractivity contribution in [3.05, 3.63) is 12.7 Å². The number of nitrogens with zero attached hydrogens (tertiary/aromatic N) is 1. The summed E-state index contributed by atoms with van der Waals surface area (Å²) in [5, 5.41) is 3.95. The van der Waals surface area contributed by atoms with Gasteiger partial charge < -0.3 is 0 Å². The van der Waals surface area contributed by atoms with Gasteiger partial charge in [0.2, 0.25) is 0 Å². The van der Waals surface area contributed by atoms with Crippen molar-refractivity contribution < 1.29 is 0 Å². The molecule has 2 rings (SSSR count). The summed E-state index contributed by atoms with van der Waals surface area (Å²) in [6.45, 7) is 3.81. The lowest BCUT2D eigenvalue weighted by atomic mass is 9.84. The summed E-state index contributed by atoms with van der Waals surface area (Å²) in [6.07, 6.45) is 10.6. The van der Waals surface area contributed by atoms with Crippen LogP contribution in [0.1, 0.15) is 44.9 Å². The van der Waals surface area contributed by atoms with Crippen molar-refractivity contribution in [2.45, 2.75) is 50.5 Å². The fourth-order valence-corrected chi connectivity index (χ4v) is 2.37. The molecule has 1 N–H and O–H groups in total. The zero-order valence-corrected chi connectivity index (χ0v) is 8.84. The van der Waals surface area contributed by atoms with E-state index in [1.54, 1.807) is 0 Å². The number of hydrogen-bond acceptors (Lipinski definition) is 2. The zero-order chi connectivity index (χ0) is 10.0. The molecular formula is C12H20N2. The maximum absolute atomic E-state index is 7.43. The topological polar surface area (TPSA) is 36.2 Å². The first-order chi connectivity index (χ1) is 6.78. The first-order valence-electron chi connectivity index (χ1n) is 5.77. The molecule has 0 bridgehead atoms. The van der Waals surface area contributed by atoms with E-state index in [1.807, 2.05) is 6.08 Å². The summed E-state index contributed by atoms with van der Waals surface area (Å²) >= 11 is 0. The van der Waals surface area contributed by atoms with Crippen molar-refractivity contribution in [3.8, 4) is 0 Å². The molecule has 2 fully saturated rings. The highest BCUT2D eigenvalue weighted by atomic mass is 15.0. The van der Waals surface area contributed by atoms with Crippen LogP contribution in [0.25, 0.3) is 0 Å². The molecule has 0 saturated heterocycles. The highest BCUT2D eigenvalue weighted by Gasteiger charge is 2.40. The second-order valence-electron chi connectivity index (χ2n) is 5.12. The molecule has 0 heterocycles. The van der Waals surface area contributed by atoms with Crippen molar-refractivity contribution in [2.24, 2.45) is 17.0 Å². The third-order valence-corrected chi connectivity index (χ3v) is 3.49. The van der Waals surface area contributed by atoms with Crippen molar-refractivity contribution in [1.29, 1.82) is 5.53 Å². The summed E-state index contributed by atoms with van der Waals surface area (Å²) in [6, 6.07) is 0. The third kappa shape index (κ3) is 2.43. The fraction of sp³-hybridized carbons (Fsp3) is 0.833. The Bertz CT molecular complexity index is 212. The van der Waals surface area contributed by atoms with Crippen molar-refractivity contribution in [1.82, 2.24) is 0 Å². The summed E-state index contributed by atoms with van der Waals surface area (Å²) in [7, 11) is 0. The van der Waals surface area contributed by atoms with E-state index in [1.165, 1.54) is 25.7 Å². The smallest absolute Gasteiger partial charge is 0.0852 e. The highest BCUT2D eigenvalue weighted by Crippen LogP contribution is 2.46. The Morgan fingerprint density at radius 3 is 2.00 bits per heavy atom. The minimum Gasteiger partial charge on any atom is -0.209 e. The Kier molecular flexibility index (Phi) is 2.71. The Hall–Kier alpha value is -0.660. The quantitative estimate of drug-likeness (QED) is 0.468. The van der Waals surface area contributed by atoms with Crippen molar-refractivity contribution in [2.75, 3.05) is 0 Å². The molecule has 2 heteroatoms. The summed E-state index contributed by atoms with van der Waals surface area (Å²) in [5.74, 6) is 1.73. The molecule has 0 atom stereocenters. The Morgan fingerprint density at radius 2 is 1.71 bits per heavy atom. The van der Waals surface area contributed by atoms with Gasteiger partial charge in [-0.3, -0.25) is 0 Å². The van der Waals surface area contributed by atoms with Crippen LogP contribution in [0.4, 0.5) is 0 Å². The third-order valence-electron chi connectivity index (χ3n) is 3.49. The first kappa shape index (κ1) is 9.88. The first-order valence-corrected chi connectivity index (χ1v) is 5.77. The van der Waals surface area contributed by atoms with Gasteiger partial charge in [-0.25, -0.2) is 5.53 Å². The van der Waals surface area contributed by atoms with Crippen LogP contribution in [0.2, 0.25) is 0 Å². The molecule has 0 radical (unpaired) electrons. The van der Waals surface area contributed by atoms with E-state index >= 15 is 0 Å². The van der Waals surface area contributed by atoms with Crippen LogP contribution in [0.5, 0.6) is 0 Å². The summed E-state index contributed by atoms with van der Waals surface area (Å²) in [4.78, 5) is 0. The van der Waals surface area contributed by atoms with Gasteiger partial charge >= 0.3 is 0 Å². The van der Waals surface area contributed by atoms with Crippen LogP contribution in [0, 0.1) is 17.4 Å². The lowest BCUT2D eigenvalue weighted by Crippen LogP contribution is -2.26. The molecule has 0 aliphatic heterocycles. The molecule has 0 unspecified atom stereocenters. The molecule has 0 aromatic carbocycles. The van der Waals surface area contributed by atoms with Gasteiger partial charge in [-0.1, -0.05) is 31.8 Å². The highest BCUT2D eigenvalue weighted by molar-refractivity contribution is 4.99. The van der Waals surface area contributed by atoms with E-state index in [-0.39, 0.29) is 5.54 Å². The maximum atomic E-state index is 7.43. The van der Waals surface area contributed by atoms with Crippen molar-refractivity contribution >= 4 is 0 Å². The zero-order valence-electron chi connectivity index (χ0n) is 8.84. The van der Waals surface area contributed by atoms with Gasteiger partial charge in [-0.15, -0.1) is 6.58 Å². The van der Waals surface area contributed by atoms with Crippen LogP contribution >= 0.6 is 0 Å².